The number of benzene rings is 1. The third-order valence-electron chi connectivity index (χ3n) is 2.66. The number of carbonyl (C=O) groups excluding carboxylic acids is 2. The Morgan fingerprint density at radius 1 is 1.30 bits per heavy atom. The molecular formula is C15H21BrN2O2. The number of likely N-dealkylation sites (N-methyl/N-ethyl adjacent to an activating group) is 1. The molecule has 0 fully saturated rings. The lowest BCUT2D eigenvalue weighted by Crippen LogP contribution is -2.46. The van der Waals surface area contributed by atoms with Crippen LogP contribution in [0.2, 0.25) is 0 Å². The minimum Gasteiger partial charge on any atom is -0.350 e. The van der Waals surface area contributed by atoms with Gasteiger partial charge in [0.05, 0.1) is 6.54 Å². The molecule has 0 radical (unpaired) electrons. The maximum Gasteiger partial charge on any atom is 0.254 e. The van der Waals surface area contributed by atoms with E-state index in [1.807, 2.05) is 33.8 Å². The quantitative estimate of drug-likeness (QED) is 0.919. The molecule has 5 heteroatoms. The van der Waals surface area contributed by atoms with Crippen molar-refractivity contribution >= 4 is 27.7 Å². The number of rotatable bonds is 3. The van der Waals surface area contributed by atoms with Crippen molar-refractivity contribution in [3.63, 3.8) is 0 Å². The Morgan fingerprint density at radius 3 is 2.40 bits per heavy atom. The van der Waals surface area contributed by atoms with Crippen LogP contribution in [-0.2, 0) is 4.79 Å². The van der Waals surface area contributed by atoms with Crippen molar-refractivity contribution in [2.75, 3.05) is 13.6 Å². The monoisotopic (exact) mass is 340 g/mol. The third kappa shape index (κ3) is 4.96. The molecule has 0 aliphatic carbocycles. The average molecular weight is 341 g/mol. The number of amides is 2. The Hall–Kier alpha value is -1.36. The van der Waals surface area contributed by atoms with Gasteiger partial charge in [-0.3, -0.25) is 9.59 Å². The highest BCUT2D eigenvalue weighted by molar-refractivity contribution is 9.10. The van der Waals surface area contributed by atoms with E-state index in [0.29, 0.717) is 5.56 Å². The standard InChI is InChI=1S/C15H21BrN2O2/c1-10-6-7-11(8-12(10)16)14(20)18(5)9-13(19)17-15(2,3)4/h6-8H,9H2,1-5H3,(H,17,19). The summed E-state index contributed by atoms with van der Waals surface area (Å²) in [6.07, 6.45) is 0. The summed E-state index contributed by atoms with van der Waals surface area (Å²) in [6.45, 7) is 7.72. The van der Waals surface area contributed by atoms with Gasteiger partial charge in [-0.2, -0.15) is 0 Å². The lowest BCUT2D eigenvalue weighted by molar-refractivity contribution is -0.122. The van der Waals surface area contributed by atoms with Gasteiger partial charge in [-0.15, -0.1) is 0 Å². The van der Waals surface area contributed by atoms with Gasteiger partial charge >= 0.3 is 0 Å². The number of nitrogens with zero attached hydrogens (tertiary/aromatic N) is 1. The van der Waals surface area contributed by atoms with E-state index in [-0.39, 0.29) is 23.9 Å². The summed E-state index contributed by atoms with van der Waals surface area (Å²) in [7, 11) is 1.62. The first-order valence-corrected chi connectivity index (χ1v) is 7.22. The van der Waals surface area contributed by atoms with Gasteiger partial charge in [-0.1, -0.05) is 22.0 Å². The maximum absolute atomic E-state index is 12.2. The van der Waals surface area contributed by atoms with Gasteiger partial charge in [-0.05, 0) is 45.4 Å². The van der Waals surface area contributed by atoms with E-state index >= 15 is 0 Å². The molecule has 0 spiro atoms. The zero-order valence-electron chi connectivity index (χ0n) is 12.6. The molecule has 0 bridgehead atoms. The predicted octanol–water partition coefficient (Wildman–Crippen LogP) is 2.74. The minimum absolute atomic E-state index is 0.0433. The number of halogens is 1. The fraction of sp³-hybridized carbons (Fsp3) is 0.467. The van der Waals surface area contributed by atoms with Crippen molar-refractivity contribution in [3.8, 4) is 0 Å². The molecule has 0 saturated heterocycles. The highest BCUT2D eigenvalue weighted by Gasteiger charge is 2.19. The molecule has 0 aliphatic heterocycles. The number of aryl methyl sites for hydroxylation is 1. The van der Waals surface area contributed by atoms with Crippen LogP contribution in [0.4, 0.5) is 0 Å². The third-order valence-corrected chi connectivity index (χ3v) is 3.52. The van der Waals surface area contributed by atoms with E-state index < -0.39 is 0 Å². The Labute approximate surface area is 128 Å². The summed E-state index contributed by atoms with van der Waals surface area (Å²) in [6, 6.07) is 5.41. The van der Waals surface area contributed by atoms with Crippen LogP contribution in [0, 0.1) is 6.92 Å². The molecule has 20 heavy (non-hydrogen) atoms. The SMILES string of the molecule is Cc1ccc(C(=O)N(C)CC(=O)NC(C)(C)C)cc1Br. The van der Waals surface area contributed by atoms with Crippen molar-refractivity contribution in [2.24, 2.45) is 0 Å². The normalized spacial score (nSPS) is 11.1. The molecule has 1 aromatic rings. The first kappa shape index (κ1) is 16.7. The van der Waals surface area contributed by atoms with Crippen LogP contribution in [0.5, 0.6) is 0 Å². The van der Waals surface area contributed by atoms with Gasteiger partial charge in [0, 0.05) is 22.6 Å². The number of hydrogen-bond acceptors (Lipinski definition) is 2. The van der Waals surface area contributed by atoms with Crippen molar-refractivity contribution in [3.05, 3.63) is 33.8 Å². The lowest BCUT2D eigenvalue weighted by atomic mass is 10.1. The number of hydrogen-bond donors (Lipinski definition) is 1. The molecule has 0 unspecified atom stereocenters. The fourth-order valence-corrected chi connectivity index (χ4v) is 2.07. The van der Waals surface area contributed by atoms with Gasteiger partial charge in [0.2, 0.25) is 5.91 Å². The summed E-state index contributed by atoms with van der Waals surface area (Å²) in [4.78, 5) is 25.5. The second-order valence-corrected chi connectivity index (χ2v) is 6.78. The van der Waals surface area contributed by atoms with Gasteiger partial charge in [0.25, 0.3) is 5.91 Å². The largest absolute Gasteiger partial charge is 0.350 e. The second-order valence-electron chi connectivity index (χ2n) is 5.92. The van der Waals surface area contributed by atoms with Gasteiger partial charge in [-0.25, -0.2) is 0 Å². The summed E-state index contributed by atoms with van der Waals surface area (Å²) in [5, 5.41) is 2.83. The molecule has 0 aliphatic rings. The number of nitrogens with one attached hydrogen (secondary N) is 1. The van der Waals surface area contributed by atoms with Crippen LogP contribution in [0.3, 0.4) is 0 Å². The van der Waals surface area contributed by atoms with Crippen molar-refractivity contribution < 1.29 is 9.59 Å². The van der Waals surface area contributed by atoms with E-state index in [1.54, 1.807) is 19.2 Å². The molecule has 4 nitrogen and oxygen atoms in total. The molecule has 2 amide bonds. The first-order valence-electron chi connectivity index (χ1n) is 6.43. The average Bonchev–Trinajstić information content (AvgIpc) is 2.29. The van der Waals surface area contributed by atoms with Gasteiger partial charge in [0.1, 0.15) is 0 Å². The molecule has 1 aromatic carbocycles. The summed E-state index contributed by atoms with van der Waals surface area (Å²) in [5.41, 5.74) is 1.33. The van der Waals surface area contributed by atoms with Crippen LogP contribution in [0.15, 0.2) is 22.7 Å². The molecule has 0 heterocycles. The summed E-state index contributed by atoms with van der Waals surface area (Å²) in [5.74, 6) is -0.339. The number of carbonyl (C=O) groups is 2. The smallest absolute Gasteiger partial charge is 0.254 e. The zero-order chi connectivity index (χ0) is 15.5. The summed E-state index contributed by atoms with van der Waals surface area (Å²) >= 11 is 3.40. The molecule has 0 atom stereocenters. The molecule has 1 N–H and O–H groups in total. The topological polar surface area (TPSA) is 49.4 Å². The van der Waals surface area contributed by atoms with Crippen LogP contribution >= 0.6 is 15.9 Å². The fourth-order valence-electron chi connectivity index (χ4n) is 1.69. The Balaban J connectivity index is 2.72. The first-order chi connectivity index (χ1) is 9.10. The van der Waals surface area contributed by atoms with Crippen LogP contribution in [-0.4, -0.2) is 35.8 Å². The Bertz CT molecular complexity index is 521. The molecular weight excluding hydrogens is 320 g/mol. The van der Waals surface area contributed by atoms with Crippen LogP contribution in [0.1, 0.15) is 36.7 Å². The Kier molecular flexibility index (Phi) is 5.34. The summed E-state index contributed by atoms with van der Waals surface area (Å²) < 4.78 is 0.885. The van der Waals surface area contributed by atoms with Crippen molar-refractivity contribution in [1.82, 2.24) is 10.2 Å². The molecule has 1 rings (SSSR count). The van der Waals surface area contributed by atoms with Crippen LogP contribution < -0.4 is 5.32 Å². The van der Waals surface area contributed by atoms with E-state index in [2.05, 4.69) is 21.2 Å². The van der Waals surface area contributed by atoms with Crippen LogP contribution in [0.25, 0.3) is 0 Å². The second kappa shape index (κ2) is 6.39. The molecule has 0 aromatic heterocycles. The van der Waals surface area contributed by atoms with Gasteiger partial charge in [0.15, 0.2) is 0 Å². The predicted molar refractivity (Wildman–Crippen MR) is 83.7 cm³/mol. The maximum atomic E-state index is 12.2. The van der Waals surface area contributed by atoms with E-state index in [0.717, 1.165) is 10.0 Å². The van der Waals surface area contributed by atoms with E-state index in [1.165, 1.54) is 4.90 Å². The Morgan fingerprint density at radius 2 is 1.90 bits per heavy atom. The highest BCUT2D eigenvalue weighted by atomic mass is 79.9. The zero-order valence-corrected chi connectivity index (χ0v) is 14.2. The lowest BCUT2D eigenvalue weighted by Gasteiger charge is -2.23. The van der Waals surface area contributed by atoms with Crippen molar-refractivity contribution in [2.45, 2.75) is 33.2 Å². The van der Waals surface area contributed by atoms with E-state index in [4.69, 9.17) is 0 Å². The van der Waals surface area contributed by atoms with Crippen molar-refractivity contribution in [1.29, 1.82) is 0 Å². The minimum atomic E-state index is -0.298. The van der Waals surface area contributed by atoms with E-state index in [9.17, 15) is 9.59 Å². The van der Waals surface area contributed by atoms with Gasteiger partial charge < -0.3 is 10.2 Å². The highest BCUT2D eigenvalue weighted by Crippen LogP contribution is 2.18. The molecule has 0 saturated carbocycles. The molecule has 110 valence electrons.